The average Bonchev–Trinajstić information content (AvgIpc) is 2.66. The Bertz CT molecular complexity index is 848. The number of methoxy groups -OCH3 is 1. The smallest absolute Gasteiger partial charge is 0.387 e. The van der Waals surface area contributed by atoms with Gasteiger partial charge >= 0.3 is 6.61 Å². The second-order valence-corrected chi connectivity index (χ2v) is 6.69. The van der Waals surface area contributed by atoms with E-state index >= 15 is 0 Å². The first kappa shape index (κ1) is 21.6. The molecule has 2 N–H and O–H groups in total. The molecule has 1 unspecified atom stereocenters. The minimum Gasteiger partial charge on any atom is -0.493 e. The van der Waals surface area contributed by atoms with Gasteiger partial charge in [0.2, 0.25) is 5.91 Å². The summed E-state index contributed by atoms with van der Waals surface area (Å²) >= 11 is 3.37. The van der Waals surface area contributed by atoms with Crippen molar-refractivity contribution < 1.29 is 27.8 Å². The van der Waals surface area contributed by atoms with Gasteiger partial charge in [-0.3, -0.25) is 9.59 Å². The normalized spacial score (nSPS) is 11.6. The van der Waals surface area contributed by atoms with Crippen LogP contribution in [0.4, 0.5) is 8.78 Å². The second-order valence-electron chi connectivity index (χ2n) is 5.77. The van der Waals surface area contributed by atoms with E-state index in [9.17, 15) is 18.4 Å². The molecular weight excluding hydrogens is 438 g/mol. The minimum atomic E-state index is -3.01. The zero-order chi connectivity index (χ0) is 20.7. The Hall–Kier alpha value is -2.68. The van der Waals surface area contributed by atoms with Gasteiger partial charge < -0.3 is 20.1 Å². The van der Waals surface area contributed by atoms with Crippen molar-refractivity contribution in [2.24, 2.45) is 0 Å². The molecule has 0 saturated heterocycles. The summed E-state index contributed by atoms with van der Waals surface area (Å²) in [5.41, 5.74) is 1.06. The maximum Gasteiger partial charge on any atom is 0.387 e. The molecule has 6 nitrogen and oxygen atoms in total. The Morgan fingerprint density at radius 2 is 1.89 bits per heavy atom. The number of nitrogens with one attached hydrogen (secondary N) is 2. The molecule has 2 aromatic carbocycles. The van der Waals surface area contributed by atoms with Crippen LogP contribution in [0.1, 0.15) is 28.9 Å². The van der Waals surface area contributed by atoms with Crippen LogP contribution in [0.25, 0.3) is 0 Å². The van der Waals surface area contributed by atoms with Crippen LogP contribution in [0.2, 0.25) is 0 Å². The number of halogens is 3. The van der Waals surface area contributed by atoms with Gasteiger partial charge in [0.25, 0.3) is 5.91 Å². The summed E-state index contributed by atoms with van der Waals surface area (Å²) in [6.07, 6.45) is 0. The van der Waals surface area contributed by atoms with Gasteiger partial charge in [-0.1, -0.05) is 28.1 Å². The minimum absolute atomic E-state index is 0.0133. The zero-order valence-corrected chi connectivity index (χ0v) is 16.8. The molecule has 0 aliphatic carbocycles. The van der Waals surface area contributed by atoms with E-state index in [-0.39, 0.29) is 35.6 Å². The lowest BCUT2D eigenvalue weighted by molar-refractivity contribution is -0.120. The topological polar surface area (TPSA) is 76.7 Å². The molecule has 0 aliphatic rings. The fraction of sp³-hybridized carbons (Fsp3) is 0.263. The molecule has 28 heavy (non-hydrogen) atoms. The van der Waals surface area contributed by atoms with Crippen molar-refractivity contribution in [1.82, 2.24) is 10.6 Å². The van der Waals surface area contributed by atoms with Crippen LogP contribution in [0.15, 0.2) is 46.9 Å². The summed E-state index contributed by atoms with van der Waals surface area (Å²) in [6.45, 7) is -1.42. The Morgan fingerprint density at radius 3 is 2.54 bits per heavy atom. The molecule has 0 fully saturated rings. The summed E-state index contributed by atoms with van der Waals surface area (Å²) in [4.78, 5) is 24.3. The number of amides is 2. The van der Waals surface area contributed by atoms with E-state index in [2.05, 4.69) is 31.3 Å². The summed E-state index contributed by atoms with van der Waals surface area (Å²) < 4.78 is 34.9. The van der Waals surface area contributed by atoms with Crippen LogP contribution in [-0.2, 0) is 4.79 Å². The molecule has 2 rings (SSSR count). The Balaban J connectivity index is 1.93. The summed E-state index contributed by atoms with van der Waals surface area (Å²) in [5, 5.41) is 5.25. The first-order chi connectivity index (χ1) is 13.3. The molecule has 0 aliphatic heterocycles. The largest absolute Gasteiger partial charge is 0.493 e. The van der Waals surface area contributed by atoms with E-state index in [0.29, 0.717) is 0 Å². The van der Waals surface area contributed by atoms with Gasteiger partial charge in [-0.15, -0.1) is 0 Å². The van der Waals surface area contributed by atoms with Crippen molar-refractivity contribution in [2.75, 3.05) is 13.7 Å². The van der Waals surface area contributed by atoms with Crippen LogP contribution in [-0.4, -0.2) is 32.1 Å². The fourth-order valence-corrected chi connectivity index (χ4v) is 2.83. The number of carbonyl (C=O) groups is 2. The number of benzene rings is 2. The van der Waals surface area contributed by atoms with Crippen molar-refractivity contribution in [2.45, 2.75) is 19.6 Å². The third kappa shape index (κ3) is 6.19. The predicted octanol–water partition coefficient (Wildman–Crippen LogP) is 3.67. The molecule has 0 saturated carbocycles. The van der Waals surface area contributed by atoms with Gasteiger partial charge in [0, 0.05) is 10.0 Å². The van der Waals surface area contributed by atoms with Crippen LogP contribution < -0.4 is 20.1 Å². The highest BCUT2D eigenvalue weighted by Gasteiger charge is 2.15. The summed E-state index contributed by atoms with van der Waals surface area (Å²) in [5.74, 6) is -1.12. The maximum absolute atomic E-state index is 12.4. The van der Waals surface area contributed by atoms with Gasteiger partial charge in [0.1, 0.15) is 0 Å². The molecule has 1 atom stereocenters. The van der Waals surface area contributed by atoms with E-state index in [0.717, 1.165) is 10.0 Å². The van der Waals surface area contributed by atoms with Crippen molar-refractivity contribution in [3.8, 4) is 11.5 Å². The molecule has 0 spiro atoms. The van der Waals surface area contributed by atoms with Crippen molar-refractivity contribution in [3.05, 3.63) is 58.1 Å². The van der Waals surface area contributed by atoms with Crippen molar-refractivity contribution in [3.63, 3.8) is 0 Å². The molecule has 2 aromatic rings. The Kier molecular flexibility index (Phi) is 7.74. The molecule has 0 heterocycles. The molecule has 9 heteroatoms. The zero-order valence-electron chi connectivity index (χ0n) is 15.2. The molecule has 0 aromatic heterocycles. The van der Waals surface area contributed by atoms with Crippen molar-refractivity contribution >= 4 is 27.7 Å². The number of rotatable bonds is 8. The van der Waals surface area contributed by atoms with Gasteiger partial charge in [-0.2, -0.15) is 8.78 Å². The van der Waals surface area contributed by atoms with E-state index in [1.54, 1.807) is 0 Å². The highest BCUT2D eigenvalue weighted by molar-refractivity contribution is 9.10. The Morgan fingerprint density at radius 1 is 1.14 bits per heavy atom. The van der Waals surface area contributed by atoms with Crippen LogP contribution in [0, 0.1) is 0 Å². The number of hydrogen-bond donors (Lipinski definition) is 2. The third-order valence-corrected chi connectivity index (χ3v) is 4.27. The van der Waals surface area contributed by atoms with E-state index in [1.807, 2.05) is 31.2 Å². The van der Waals surface area contributed by atoms with Crippen LogP contribution in [0.5, 0.6) is 11.5 Å². The Labute approximate surface area is 169 Å². The fourth-order valence-electron chi connectivity index (χ4n) is 2.42. The lowest BCUT2D eigenvalue weighted by Gasteiger charge is -2.15. The van der Waals surface area contributed by atoms with Crippen LogP contribution >= 0.6 is 15.9 Å². The second kappa shape index (κ2) is 10.0. The number of alkyl halides is 2. The first-order valence-electron chi connectivity index (χ1n) is 8.26. The number of carbonyl (C=O) groups excluding carboxylic acids is 2. The van der Waals surface area contributed by atoms with Gasteiger partial charge in [-0.05, 0) is 42.8 Å². The summed E-state index contributed by atoms with van der Waals surface area (Å²) in [6, 6.07) is 11.0. The lowest BCUT2D eigenvalue weighted by Crippen LogP contribution is -2.38. The predicted molar refractivity (Wildman–Crippen MR) is 103 cm³/mol. The average molecular weight is 457 g/mol. The molecule has 2 amide bonds. The van der Waals surface area contributed by atoms with Gasteiger partial charge in [-0.25, -0.2) is 0 Å². The SMILES string of the molecule is COc1cc(C(=O)NCC(=O)NC(C)c2cccc(Br)c2)ccc1OC(F)F. The van der Waals surface area contributed by atoms with E-state index < -0.39 is 12.5 Å². The molecule has 0 bridgehead atoms. The van der Waals surface area contributed by atoms with E-state index in [1.165, 1.54) is 25.3 Å². The molecular formula is C19H19BrF2N2O4. The monoisotopic (exact) mass is 456 g/mol. The first-order valence-corrected chi connectivity index (χ1v) is 9.05. The third-order valence-electron chi connectivity index (χ3n) is 3.78. The molecule has 0 radical (unpaired) electrons. The quantitative estimate of drug-likeness (QED) is 0.635. The van der Waals surface area contributed by atoms with E-state index in [4.69, 9.17) is 4.74 Å². The van der Waals surface area contributed by atoms with Crippen molar-refractivity contribution in [1.29, 1.82) is 0 Å². The number of hydrogen-bond acceptors (Lipinski definition) is 4. The lowest BCUT2D eigenvalue weighted by atomic mass is 10.1. The van der Waals surface area contributed by atoms with Gasteiger partial charge in [0.05, 0.1) is 19.7 Å². The summed E-state index contributed by atoms with van der Waals surface area (Å²) in [7, 11) is 1.27. The molecule has 150 valence electrons. The number of ether oxygens (including phenoxy) is 2. The van der Waals surface area contributed by atoms with Gasteiger partial charge in [0.15, 0.2) is 11.5 Å². The maximum atomic E-state index is 12.4. The van der Waals surface area contributed by atoms with Crippen LogP contribution in [0.3, 0.4) is 0 Å². The highest BCUT2D eigenvalue weighted by atomic mass is 79.9. The highest BCUT2D eigenvalue weighted by Crippen LogP contribution is 2.29. The standard InChI is InChI=1S/C19H19BrF2N2O4/c1-11(12-4-3-5-14(20)8-12)24-17(25)10-23-18(26)13-6-7-15(28-19(21)22)16(9-13)27-2/h3-9,11,19H,10H2,1-2H3,(H,23,26)(H,24,25).